The highest BCUT2D eigenvalue weighted by Crippen LogP contribution is 2.24. The minimum Gasteiger partial charge on any atom is -0.339 e. The van der Waals surface area contributed by atoms with Crippen molar-refractivity contribution in [1.82, 2.24) is 9.80 Å². The third-order valence-corrected chi connectivity index (χ3v) is 4.66. The first-order valence-corrected chi connectivity index (χ1v) is 7.72. The first-order chi connectivity index (χ1) is 8.70. The van der Waals surface area contributed by atoms with Gasteiger partial charge in [0.05, 0.1) is 6.54 Å². The Morgan fingerprint density at radius 1 is 1.17 bits per heavy atom. The van der Waals surface area contributed by atoms with E-state index in [1.54, 1.807) is 0 Å². The van der Waals surface area contributed by atoms with E-state index in [0.29, 0.717) is 18.5 Å². The second-order valence-electron chi connectivity index (χ2n) is 6.08. The Morgan fingerprint density at radius 2 is 1.78 bits per heavy atom. The molecule has 0 atom stereocenters. The summed E-state index contributed by atoms with van der Waals surface area (Å²) in [4.78, 5) is 16.9. The molecule has 1 heterocycles. The van der Waals surface area contributed by atoms with Crippen LogP contribution in [0, 0.1) is 5.92 Å². The van der Waals surface area contributed by atoms with Crippen molar-refractivity contribution in [1.29, 1.82) is 0 Å². The molecule has 104 valence electrons. The van der Waals surface area contributed by atoms with Gasteiger partial charge >= 0.3 is 0 Å². The van der Waals surface area contributed by atoms with E-state index in [-0.39, 0.29) is 0 Å². The van der Waals surface area contributed by atoms with Crippen LogP contribution in [0.4, 0.5) is 0 Å². The molecular formula is C15H28N2O. The Bertz CT molecular complexity index is 266. The van der Waals surface area contributed by atoms with Gasteiger partial charge in [-0.15, -0.1) is 0 Å². The molecule has 2 fully saturated rings. The predicted octanol–water partition coefficient (Wildman–Crippen LogP) is 2.51. The van der Waals surface area contributed by atoms with Gasteiger partial charge in [0, 0.05) is 12.6 Å². The van der Waals surface area contributed by atoms with Crippen molar-refractivity contribution in [3.05, 3.63) is 0 Å². The van der Waals surface area contributed by atoms with E-state index < -0.39 is 0 Å². The van der Waals surface area contributed by atoms with E-state index in [0.717, 1.165) is 25.6 Å². The number of carbonyl (C=O) groups excluding carboxylic acids is 1. The van der Waals surface area contributed by atoms with Crippen LogP contribution < -0.4 is 0 Å². The number of carbonyl (C=O) groups is 1. The maximum atomic E-state index is 12.4. The highest BCUT2D eigenvalue weighted by Gasteiger charge is 2.27. The summed E-state index contributed by atoms with van der Waals surface area (Å²) >= 11 is 0. The van der Waals surface area contributed by atoms with Crippen LogP contribution in [-0.2, 0) is 4.79 Å². The minimum atomic E-state index is 0.360. The van der Waals surface area contributed by atoms with Crippen LogP contribution in [0.15, 0.2) is 0 Å². The lowest BCUT2D eigenvalue weighted by atomic mass is 9.99. The van der Waals surface area contributed by atoms with Gasteiger partial charge in [0.15, 0.2) is 0 Å². The van der Waals surface area contributed by atoms with Crippen LogP contribution in [0.25, 0.3) is 0 Å². The molecule has 1 saturated heterocycles. The monoisotopic (exact) mass is 252 g/mol. The maximum Gasteiger partial charge on any atom is 0.236 e. The van der Waals surface area contributed by atoms with Gasteiger partial charge in [0.2, 0.25) is 5.91 Å². The highest BCUT2D eigenvalue weighted by atomic mass is 16.2. The summed E-state index contributed by atoms with van der Waals surface area (Å²) in [7, 11) is 0. The van der Waals surface area contributed by atoms with E-state index in [9.17, 15) is 4.79 Å². The van der Waals surface area contributed by atoms with Gasteiger partial charge in [-0.2, -0.15) is 0 Å². The van der Waals surface area contributed by atoms with Gasteiger partial charge in [0.25, 0.3) is 0 Å². The quantitative estimate of drug-likeness (QED) is 0.767. The van der Waals surface area contributed by atoms with Gasteiger partial charge in [-0.05, 0) is 51.6 Å². The fourth-order valence-electron chi connectivity index (χ4n) is 3.36. The van der Waals surface area contributed by atoms with Crippen molar-refractivity contribution in [2.24, 2.45) is 5.92 Å². The van der Waals surface area contributed by atoms with Gasteiger partial charge in [0.1, 0.15) is 0 Å². The zero-order chi connectivity index (χ0) is 13.0. The van der Waals surface area contributed by atoms with Gasteiger partial charge in [-0.1, -0.05) is 19.8 Å². The number of hydrogen-bond acceptors (Lipinski definition) is 2. The number of amides is 1. The lowest BCUT2D eigenvalue weighted by Crippen LogP contribution is -2.46. The molecule has 1 aliphatic carbocycles. The maximum absolute atomic E-state index is 12.4. The summed E-state index contributed by atoms with van der Waals surface area (Å²) in [6.45, 7) is 8.18. The normalized spacial score (nSPS) is 23.4. The molecule has 18 heavy (non-hydrogen) atoms. The molecule has 2 aliphatic rings. The number of rotatable bonds is 4. The lowest BCUT2D eigenvalue weighted by molar-refractivity contribution is -0.134. The summed E-state index contributed by atoms with van der Waals surface area (Å²) in [5.41, 5.74) is 0. The zero-order valence-electron chi connectivity index (χ0n) is 12.0. The van der Waals surface area contributed by atoms with Crippen molar-refractivity contribution in [3.63, 3.8) is 0 Å². The molecule has 0 N–H and O–H groups in total. The highest BCUT2D eigenvalue weighted by molar-refractivity contribution is 5.78. The SMILES string of the molecule is CCN(C(=O)CN1CCC(C)CC1)C1CCCC1. The summed E-state index contributed by atoms with van der Waals surface area (Å²) in [6, 6.07) is 0.534. The fraction of sp³-hybridized carbons (Fsp3) is 0.933. The van der Waals surface area contributed by atoms with Crippen LogP contribution in [0.1, 0.15) is 52.4 Å². The van der Waals surface area contributed by atoms with Crippen molar-refractivity contribution >= 4 is 5.91 Å². The minimum absolute atomic E-state index is 0.360. The van der Waals surface area contributed by atoms with Gasteiger partial charge in [-0.25, -0.2) is 0 Å². The third kappa shape index (κ3) is 3.47. The molecule has 1 aliphatic heterocycles. The standard InChI is InChI=1S/C15H28N2O/c1-3-17(14-6-4-5-7-14)15(18)12-16-10-8-13(2)9-11-16/h13-14H,3-12H2,1-2H3. The summed E-state index contributed by atoms with van der Waals surface area (Å²) in [6.07, 6.45) is 7.55. The molecule has 1 saturated carbocycles. The second-order valence-corrected chi connectivity index (χ2v) is 6.08. The molecular weight excluding hydrogens is 224 g/mol. The average molecular weight is 252 g/mol. The summed E-state index contributed by atoms with van der Waals surface area (Å²) in [5, 5.41) is 0. The molecule has 0 radical (unpaired) electrons. The van der Waals surface area contributed by atoms with E-state index in [4.69, 9.17) is 0 Å². The van der Waals surface area contributed by atoms with E-state index in [2.05, 4.69) is 23.6 Å². The molecule has 3 nitrogen and oxygen atoms in total. The van der Waals surface area contributed by atoms with Crippen molar-refractivity contribution < 1.29 is 4.79 Å². The molecule has 2 rings (SSSR count). The van der Waals surface area contributed by atoms with Crippen molar-refractivity contribution in [2.45, 2.75) is 58.4 Å². The van der Waals surface area contributed by atoms with Crippen LogP contribution in [-0.4, -0.2) is 47.9 Å². The first-order valence-electron chi connectivity index (χ1n) is 7.72. The van der Waals surface area contributed by atoms with Crippen LogP contribution in [0.3, 0.4) is 0 Å². The van der Waals surface area contributed by atoms with E-state index in [1.165, 1.54) is 38.5 Å². The molecule has 0 spiro atoms. The van der Waals surface area contributed by atoms with Gasteiger partial charge in [-0.3, -0.25) is 9.69 Å². The molecule has 0 aromatic rings. The molecule has 0 unspecified atom stereocenters. The largest absolute Gasteiger partial charge is 0.339 e. The van der Waals surface area contributed by atoms with Crippen LogP contribution in [0.2, 0.25) is 0 Å². The summed E-state index contributed by atoms with van der Waals surface area (Å²) in [5.74, 6) is 1.20. The second kappa shape index (κ2) is 6.55. The zero-order valence-corrected chi connectivity index (χ0v) is 12.0. The average Bonchev–Trinajstić information content (AvgIpc) is 2.87. The van der Waals surface area contributed by atoms with Crippen LogP contribution >= 0.6 is 0 Å². The third-order valence-electron chi connectivity index (χ3n) is 4.66. The van der Waals surface area contributed by atoms with Gasteiger partial charge < -0.3 is 4.90 Å². The first kappa shape index (κ1) is 13.9. The smallest absolute Gasteiger partial charge is 0.236 e. The number of nitrogens with zero attached hydrogens (tertiary/aromatic N) is 2. The van der Waals surface area contributed by atoms with E-state index >= 15 is 0 Å². The Morgan fingerprint density at radius 3 is 2.33 bits per heavy atom. The molecule has 0 aromatic carbocycles. The van der Waals surface area contributed by atoms with Crippen LogP contribution in [0.5, 0.6) is 0 Å². The molecule has 1 amide bonds. The number of likely N-dealkylation sites (tertiary alicyclic amines) is 1. The Hall–Kier alpha value is -0.570. The Labute approximate surface area is 112 Å². The topological polar surface area (TPSA) is 23.6 Å². The number of likely N-dealkylation sites (N-methyl/N-ethyl adjacent to an activating group) is 1. The van der Waals surface area contributed by atoms with Crippen molar-refractivity contribution in [2.75, 3.05) is 26.2 Å². The number of hydrogen-bond donors (Lipinski definition) is 0. The van der Waals surface area contributed by atoms with E-state index in [1.807, 2.05) is 0 Å². The number of piperidine rings is 1. The van der Waals surface area contributed by atoms with Crippen molar-refractivity contribution in [3.8, 4) is 0 Å². The molecule has 0 bridgehead atoms. The Kier molecular flexibility index (Phi) is 5.04. The lowest BCUT2D eigenvalue weighted by Gasteiger charge is -2.33. The fourth-order valence-corrected chi connectivity index (χ4v) is 3.36. The molecule has 0 aromatic heterocycles. The predicted molar refractivity (Wildman–Crippen MR) is 74.5 cm³/mol. The molecule has 3 heteroatoms. The Balaban J connectivity index is 1.81. The summed E-state index contributed by atoms with van der Waals surface area (Å²) < 4.78 is 0.